The largest absolute Gasteiger partial charge is 0.394 e. The molecule has 8 nitrogen and oxygen atoms in total. The molecule has 0 bridgehead atoms. The van der Waals surface area contributed by atoms with Crippen LogP contribution in [0.3, 0.4) is 0 Å². The molecule has 2 aromatic rings. The number of aliphatic hydroxyl groups is 2. The number of H-pyrrole nitrogens is 1. The number of aromatic amines is 1. The molecule has 0 aromatic carbocycles. The van der Waals surface area contributed by atoms with Gasteiger partial charge < -0.3 is 20.5 Å². The van der Waals surface area contributed by atoms with E-state index >= 15 is 0 Å². The van der Waals surface area contributed by atoms with E-state index in [0.717, 1.165) is 6.42 Å². The van der Waals surface area contributed by atoms with Gasteiger partial charge in [-0.15, -0.1) is 0 Å². The molecule has 0 radical (unpaired) electrons. The van der Waals surface area contributed by atoms with Gasteiger partial charge in [0, 0.05) is 12.0 Å². The Bertz CT molecular complexity index is 648. The lowest BCUT2D eigenvalue weighted by atomic mass is 10.2. The van der Waals surface area contributed by atoms with E-state index in [-0.39, 0.29) is 35.6 Å². The smallest absolute Gasteiger partial charge is 0.280 e. The molecule has 1 aliphatic carbocycles. The average Bonchev–Trinajstić information content (AvgIpc) is 3.01. The highest BCUT2D eigenvalue weighted by atomic mass is 16.3. The summed E-state index contributed by atoms with van der Waals surface area (Å²) >= 11 is 0. The second-order valence-electron chi connectivity index (χ2n) is 4.49. The summed E-state index contributed by atoms with van der Waals surface area (Å²) in [6.07, 6.45) is 1.48. The quantitative estimate of drug-likeness (QED) is 0.531. The van der Waals surface area contributed by atoms with E-state index in [1.165, 1.54) is 6.33 Å². The van der Waals surface area contributed by atoms with Crippen LogP contribution in [0, 0.1) is 5.92 Å². The molecule has 1 aliphatic rings. The molecule has 2 heterocycles. The van der Waals surface area contributed by atoms with E-state index < -0.39 is 6.10 Å². The summed E-state index contributed by atoms with van der Waals surface area (Å²) in [5.41, 5.74) is 5.76. The van der Waals surface area contributed by atoms with Gasteiger partial charge in [-0.25, -0.2) is 4.98 Å². The molecule has 3 unspecified atom stereocenters. The van der Waals surface area contributed by atoms with Crippen LogP contribution in [0.5, 0.6) is 0 Å². The van der Waals surface area contributed by atoms with E-state index in [0.29, 0.717) is 5.65 Å². The highest BCUT2D eigenvalue weighted by Gasteiger charge is 2.44. The monoisotopic (exact) mass is 251 g/mol. The van der Waals surface area contributed by atoms with E-state index in [9.17, 15) is 9.90 Å². The molecule has 0 amide bonds. The van der Waals surface area contributed by atoms with E-state index in [4.69, 9.17) is 10.8 Å². The number of rotatable bonds is 3. The molecule has 3 atom stereocenters. The van der Waals surface area contributed by atoms with Crippen LogP contribution < -0.4 is 11.3 Å². The molecule has 1 fully saturated rings. The maximum atomic E-state index is 11.6. The zero-order valence-corrected chi connectivity index (χ0v) is 9.45. The van der Waals surface area contributed by atoms with Gasteiger partial charge in [0.1, 0.15) is 0 Å². The second kappa shape index (κ2) is 3.79. The summed E-state index contributed by atoms with van der Waals surface area (Å²) < 4.78 is 1.73. The van der Waals surface area contributed by atoms with Gasteiger partial charge in [-0.3, -0.25) is 9.78 Å². The zero-order valence-electron chi connectivity index (χ0n) is 9.45. The number of hydrogen-bond donors (Lipinski definition) is 4. The van der Waals surface area contributed by atoms with Crippen molar-refractivity contribution in [3.63, 3.8) is 0 Å². The molecule has 2 aromatic heterocycles. The summed E-state index contributed by atoms with van der Waals surface area (Å²) in [5.74, 6) is 0.00358. The maximum Gasteiger partial charge on any atom is 0.280 e. The van der Waals surface area contributed by atoms with Crippen LogP contribution in [-0.2, 0) is 0 Å². The Kier molecular flexibility index (Phi) is 2.35. The molecule has 5 N–H and O–H groups in total. The van der Waals surface area contributed by atoms with Crippen molar-refractivity contribution in [1.82, 2.24) is 19.5 Å². The number of anilines is 1. The highest BCUT2D eigenvalue weighted by molar-refractivity contribution is 5.70. The fourth-order valence-corrected chi connectivity index (χ4v) is 2.25. The van der Waals surface area contributed by atoms with Crippen LogP contribution in [-0.4, -0.2) is 42.4 Å². The first-order valence-electron chi connectivity index (χ1n) is 5.63. The molecule has 96 valence electrons. The standard InChI is InChI=1S/C10H13N5O3/c11-10-13-8-7(9(18)14-10)12-3-15(8)5-1-4(5)6(17)2-16/h3-6,16-17H,1-2H2,(H3,11,13,14,18). The Morgan fingerprint density at radius 2 is 2.44 bits per heavy atom. The van der Waals surface area contributed by atoms with Crippen LogP contribution in [0.4, 0.5) is 5.95 Å². The Labute approximate surface area is 101 Å². The summed E-state index contributed by atoms with van der Waals surface area (Å²) in [4.78, 5) is 22.0. The molecule has 0 aliphatic heterocycles. The normalized spacial score (nSPS) is 24.3. The van der Waals surface area contributed by atoms with Gasteiger partial charge in [0.05, 0.1) is 19.0 Å². The number of nitrogens with two attached hydrogens (primary N) is 1. The lowest BCUT2D eigenvalue weighted by Crippen LogP contribution is -2.17. The van der Waals surface area contributed by atoms with Gasteiger partial charge in [-0.2, -0.15) is 4.98 Å². The molecule has 8 heteroatoms. The van der Waals surface area contributed by atoms with Crippen molar-refractivity contribution in [2.45, 2.75) is 18.6 Å². The molecule has 0 saturated heterocycles. The summed E-state index contributed by atoms with van der Waals surface area (Å²) in [5, 5.41) is 18.4. The van der Waals surface area contributed by atoms with Crippen LogP contribution in [0.2, 0.25) is 0 Å². The Morgan fingerprint density at radius 3 is 3.17 bits per heavy atom. The third kappa shape index (κ3) is 1.57. The highest BCUT2D eigenvalue weighted by Crippen LogP contribution is 2.46. The Morgan fingerprint density at radius 1 is 1.67 bits per heavy atom. The van der Waals surface area contributed by atoms with Crippen molar-refractivity contribution >= 4 is 17.1 Å². The summed E-state index contributed by atoms with van der Waals surface area (Å²) in [6.45, 7) is -0.274. The van der Waals surface area contributed by atoms with Crippen LogP contribution in [0.25, 0.3) is 11.2 Å². The third-order valence-electron chi connectivity index (χ3n) is 3.29. The van der Waals surface area contributed by atoms with Crippen molar-refractivity contribution < 1.29 is 10.2 Å². The molecule has 0 spiro atoms. The lowest BCUT2D eigenvalue weighted by molar-refractivity contribution is 0.0742. The van der Waals surface area contributed by atoms with Gasteiger partial charge in [-0.05, 0) is 6.42 Å². The predicted octanol–water partition coefficient (Wildman–Crippen LogP) is -1.38. The lowest BCUT2D eigenvalue weighted by Gasteiger charge is -2.07. The first kappa shape index (κ1) is 11.2. The predicted molar refractivity (Wildman–Crippen MR) is 62.8 cm³/mol. The average molecular weight is 251 g/mol. The van der Waals surface area contributed by atoms with Crippen LogP contribution >= 0.6 is 0 Å². The van der Waals surface area contributed by atoms with Gasteiger partial charge in [0.15, 0.2) is 11.2 Å². The SMILES string of the molecule is Nc1nc2c(ncn2C2CC2C(O)CO)c(=O)[nH]1. The zero-order chi connectivity index (χ0) is 12.9. The van der Waals surface area contributed by atoms with Gasteiger partial charge in [0.25, 0.3) is 5.56 Å². The molecule has 1 saturated carbocycles. The number of imidazole rings is 1. The second-order valence-corrected chi connectivity index (χ2v) is 4.49. The Balaban J connectivity index is 2.02. The van der Waals surface area contributed by atoms with E-state index in [2.05, 4.69) is 15.0 Å². The minimum Gasteiger partial charge on any atom is -0.394 e. The minimum atomic E-state index is -0.758. The number of nitrogen functional groups attached to an aromatic ring is 1. The number of nitrogens with one attached hydrogen (secondary N) is 1. The number of hydrogen-bond acceptors (Lipinski definition) is 6. The van der Waals surface area contributed by atoms with Gasteiger partial charge in [-0.1, -0.05) is 0 Å². The van der Waals surface area contributed by atoms with Crippen molar-refractivity contribution in [2.75, 3.05) is 12.3 Å². The summed E-state index contributed by atoms with van der Waals surface area (Å²) in [6, 6.07) is 0.00542. The summed E-state index contributed by atoms with van der Waals surface area (Å²) in [7, 11) is 0. The van der Waals surface area contributed by atoms with Gasteiger partial charge in [0.2, 0.25) is 5.95 Å². The van der Waals surface area contributed by atoms with Crippen molar-refractivity contribution in [2.24, 2.45) is 5.92 Å². The van der Waals surface area contributed by atoms with E-state index in [1.807, 2.05) is 0 Å². The molecule has 18 heavy (non-hydrogen) atoms. The minimum absolute atomic E-state index is 0.00542. The number of aromatic nitrogens is 4. The topological polar surface area (TPSA) is 130 Å². The van der Waals surface area contributed by atoms with Crippen LogP contribution in [0.15, 0.2) is 11.1 Å². The van der Waals surface area contributed by atoms with Gasteiger partial charge >= 0.3 is 0 Å². The number of fused-ring (bicyclic) bond motifs is 1. The fraction of sp³-hybridized carbons (Fsp3) is 0.500. The Hall–Kier alpha value is -1.93. The van der Waals surface area contributed by atoms with Crippen LogP contribution in [0.1, 0.15) is 12.5 Å². The fourth-order valence-electron chi connectivity index (χ4n) is 2.25. The third-order valence-corrected chi connectivity index (χ3v) is 3.29. The molecular formula is C10H13N5O3. The van der Waals surface area contributed by atoms with Crippen molar-refractivity contribution in [1.29, 1.82) is 0 Å². The molecule has 3 rings (SSSR count). The molecular weight excluding hydrogens is 238 g/mol. The van der Waals surface area contributed by atoms with E-state index in [1.54, 1.807) is 4.57 Å². The number of nitrogens with zero attached hydrogens (tertiary/aromatic N) is 3. The van der Waals surface area contributed by atoms with Crippen molar-refractivity contribution in [3.05, 3.63) is 16.7 Å². The first-order chi connectivity index (χ1) is 8.61. The maximum absolute atomic E-state index is 11.6. The van der Waals surface area contributed by atoms with Crippen molar-refractivity contribution in [3.8, 4) is 0 Å². The first-order valence-corrected chi connectivity index (χ1v) is 5.63. The number of aliphatic hydroxyl groups excluding tert-OH is 2.